The number of ether oxygens (including phenoxy) is 1. The van der Waals surface area contributed by atoms with E-state index in [4.69, 9.17) is 4.74 Å². The molecule has 2 heterocycles. The number of hydrogen-bond acceptors (Lipinski definition) is 4. The predicted molar refractivity (Wildman–Crippen MR) is 88.8 cm³/mol. The Balaban J connectivity index is 1.84. The van der Waals surface area contributed by atoms with Gasteiger partial charge in [-0.15, -0.1) is 0 Å². The molecule has 0 aromatic carbocycles. The van der Waals surface area contributed by atoms with E-state index in [1.807, 2.05) is 7.05 Å². The normalized spacial score (nSPS) is 32.0. The summed E-state index contributed by atoms with van der Waals surface area (Å²) in [5.41, 5.74) is -0.0147. The van der Waals surface area contributed by atoms with Crippen molar-refractivity contribution in [2.75, 3.05) is 46.4 Å². The zero-order valence-electron chi connectivity index (χ0n) is 14.9. The second-order valence-corrected chi connectivity index (χ2v) is 8.00. The molecular weight excluding hydrogens is 278 g/mol. The molecule has 1 amide bonds. The molecule has 0 radical (unpaired) electrons. The molecule has 0 aromatic rings. The Morgan fingerprint density at radius 2 is 1.86 bits per heavy atom. The highest BCUT2D eigenvalue weighted by molar-refractivity contribution is 5.81. The summed E-state index contributed by atoms with van der Waals surface area (Å²) in [6.07, 6.45) is 0.982. The van der Waals surface area contributed by atoms with Crippen LogP contribution in [0.5, 0.6) is 0 Å². The number of amides is 1. The topological polar surface area (TPSA) is 44.8 Å². The maximum absolute atomic E-state index is 12.3. The molecule has 5 nitrogen and oxygen atoms in total. The van der Waals surface area contributed by atoms with Crippen LogP contribution < -0.4 is 5.32 Å². The SMILES string of the molecule is C[C@@H]1C[C@H](C)CN(C(C)(C)CNC(=O)[C@@H]2CN(C)CCO2)C1. The number of carbonyl (C=O) groups is 1. The molecule has 0 saturated carbocycles. The zero-order chi connectivity index (χ0) is 16.3. The smallest absolute Gasteiger partial charge is 0.250 e. The minimum absolute atomic E-state index is 0.0147. The number of nitrogens with zero attached hydrogens (tertiary/aromatic N) is 2. The van der Waals surface area contributed by atoms with Crippen molar-refractivity contribution in [1.29, 1.82) is 0 Å². The van der Waals surface area contributed by atoms with Crippen molar-refractivity contribution in [2.24, 2.45) is 11.8 Å². The van der Waals surface area contributed by atoms with Crippen molar-refractivity contribution in [3.8, 4) is 0 Å². The summed E-state index contributed by atoms with van der Waals surface area (Å²) < 4.78 is 5.59. The molecular formula is C17H33N3O2. The van der Waals surface area contributed by atoms with Crippen molar-refractivity contribution in [3.05, 3.63) is 0 Å². The van der Waals surface area contributed by atoms with Crippen LogP contribution in [-0.2, 0) is 9.53 Å². The first kappa shape index (κ1) is 17.7. The lowest BCUT2D eigenvalue weighted by molar-refractivity contribution is -0.138. The summed E-state index contributed by atoms with van der Waals surface area (Å²) in [5, 5.41) is 3.11. The first-order valence-corrected chi connectivity index (χ1v) is 8.61. The summed E-state index contributed by atoms with van der Waals surface area (Å²) in [7, 11) is 2.03. The third-order valence-corrected chi connectivity index (χ3v) is 4.98. The molecule has 1 N–H and O–H groups in total. The second kappa shape index (κ2) is 7.28. The number of likely N-dealkylation sites (tertiary alicyclic amines) is 1. The van der Waals surface area contributed by atoms with Crippen LogP contribution in [0, 0.1) is 11.8 Å². The lowest BCUT2D eigenvalue weighted by Crippen LogP contribution is -2.58. The highest BCUT2D eigenvalue weighted by Crippen LogP contribution is 2.26. The number of carbonyl (C=O) groups excluding carboxylic acids is 1. The molecule has 0 bridgehead atoms. The summed E-state index contributed by atoms with van der Waals surface area (Å²) in [4.78, 5) is 17.0. The second-order valence-electron chi connectivity index (χ2n) is 8.00. The van der Waals surface area contributed by atoms with Crippen molar-refractivity contribution >= 4 is 5.91 Å². The molecule has 2 aliphatic heterocycles. The molecule has 22 heavy (non-hydrogen) atoms. The van der Waals surface area contributed by atoms with E-state index in [9.17, 15) is 4.79 Å². The Kier molecular flexibility index (Phi) is 5.86. The highest BCUT2D eigenvalue weighted by Gasteiger charge is 2.34. The number of piperidine rings is 1. The number of hydrogen-bond donors (Lipinski definition) is 1. The molecule has 2 aliphatic rings. The third-order valence-electron chi connectivity index (χ3n) is 4.98. The Morgan fingerprint density at radius 1 is 1.23 bits per heavy atom. The standard InChI is InChI=1S/C17H33N3O2/c1-13-8-14(2)10-20(9-13)17(3,4)12-18-16(21)15-11-19(5)6-7-22-15/h13-15H,6-12H2,1-5H3,(H,18,21)/t13-,14+,15-/m0/s1. The summed E-state index contributed by atoms with van der Waals surface area (Å²) in [6, 6.07) is 0. The molecule has 0 aliphatic carbocycles. The van der Waals surface area contributed by atoms with E-state index >= 15 is 0 Å². The van der Waals surface area contributed by atoms with Crippen LogP contribution in [0.1, 0.15) is 34.1 Å². The maximum Gasteiger partial charge on any atom is 0.250 e. The lowest BCUT2D eigenvalue weighted by Gasteiger charge is -2.45. The number of nitrogens with one attached hydrogen (secondary N) is 1. The van der Waals surface area contributed by atoms with Crippen molar-refractivity contribution in [2.45, 2.75) is 45.8 Å². The predicted octanol–water partition coefficient (Wildman–Crippen LogP) is 1.19. The summed E-state index contributed by atoms with van der Waals surface area (Å²) >= 11 is 0. The van der Waals surface area contributed by atoms with Gasteiger partial charge in [-0.25, -0.2) is 0 Å². The minimum atomic E-state index is -0.325. The Hall–Kier alpha value is -0.650. The van der Waals surface area contributed by atoms with Crippen molar-refractivity contribution in [3.63, 3.8) is 0 Å². The fourth-order valence-corrected chi connectivity index (χ4v) is 3.62. The van der Waals surface area contributed by atoms with Gasteiger partial charge in [0.05, 0.1) is 6.61 Å². The Morgan fingerprint density at radius 3 is 2.45 bits per heavy atom. The van der Waals surface area contributed by atoms with Crippen LogP contribution in [0.15, 0.2) is 0 Å². The molecule has 2 saturated heterocycles. The van der Waals surface area contributed by atoms with Gasteiger partial charge in [0.1, 0.15) is 6.10 Å². The number of rotatable bonds is 4. The van der Waals surface area contributed by atoms with Gasteiger partial charge >= 0.3 is 0 Å². The first-order valence-electron chi connectivity index (χ1n) is 8.61. The van der Waals surface area contributed by atoms with Gasteiger partial charge in [-0.05, 0) is 39.2 Å². The van der Waals surface area contributed by atoms with Gasteiger partial charge in [0, 0.05) is 38.3 Å². The van der Waals surface area contributed by atoms with E-state index in [1.54, 1.807) is 0 Å². The first-order chi connectivity index (χ1) is 10.3. The van der Waals surface area contributed by atoms with Gasteiger partial charge in [-0.1, -0.05) is 13.8 Å². The highest BCUT2D eigenvalue weighted by atomic mass is 16.5. The van der Waals surface area contributed by atoms with Gasteiger partial charge < -0.3 is 15.0 Å². The molecule has 128 valence electrons. The molecule has 5 heteroatoms. The molecule has 0 spiro atoms. The largest absolute Gasteiger partial charge is 0.366 e. The number of morpholine rings is 1. The summed E-state index contributed by atoms with van der Waals surface area (Å²) in [5.74, 6) is 1.49. The fourth-order valence-electron chi connectivity index (χ4n) is 3.62. The Bertz CT molecular complexity index is 376. The van der Waals surface area contributed by atoms with E-state index in [0.717, 1.165) is 31.5 Å². The van der Waals surface area contributed by atoms with Crippen molar-refractivity contribution < 1.29 is 9.53 Å². The molecule has 3 atom stereocenters. The fraction of sp³-hybridized carbons (Fsp3) is 0.941. The summed E-state index contributed by atoms with van der Waals surface area (Å²) in [6.45, 7) is 14.2. The third kappa shape index (κ3) is 4.67. The zero-order valence-corrected chi connectivity index (χ0v) is 14.9. The molecule has 2 fully saturated rings. The molecule has 0 unspecified atom stereocenters. The van der Waals surface area contributed by atoms with E-state index in [2.05, 4.69) is 42.8 Å². The minimum Gasteiger partial charge on any atom is -0.366 e. The molecule has 0 aromatic heterocycles. The van der Waals surface area contributed by atoms with Crippen LogP contribution in [0.25, 0.3) is 0 Å². The van der Waals surface area contributed by atoms with Crippen molar-refractivity contribution in [1.82, 2.24) is 15.1 Å². The van der Waals surface area contributed by atoms with E-state index in [1.165, 1.54) is 6.42 Å². The molecule has 2 rings (SSSR count). The van der Waals surface area contributed by atoms with Crippen LogP contribution in [0.4, 0.5) is 0 Å². The van der Waals surface area contributed by atoms with E-state index in [0.29, 0.717) is 19.7 Å². The van der Waals surface area contributed by atoms with E-state index < -0.39 is 0 Å². The van der Waals surface area contributed by atoms with Gasteiger partial charge in [0.2, 0.25) is 0 Å². The van der Waals surface area contributed by atoms with Crippen LogP contribution in [0.2, 0.25) is 0 Å². The van der Waals surface area contributed by atoms with E-state index in [-0.39, 0.29) is 17.6 Å². The van der Waals surface area contributed by atoms with Gasteiger partial charge in [0.15, 0.2) is 0 Å². The lowest BCUT2D eigenvalue weighted by atomic mass is 9.88. The van der Waals surface area contributed by atoms with Crippen LogP contribution in [0.3, 0.4) is 0 Å². The Labute approximate surface area is 135 Å². The number of likely N-dealkylation sites (N-methyl/N-ethyl adjacent to an activating group) is 1. The monoisotopic (exact) mass is 311 g/mol. The quantitative estimate of drug-likeness (QED) is 0.847. The van der Waals surface area contributed by atoms with Crippen LogP contribution >= 0.6 is 0 Å². The van der Waals surface area contributed by atoms with Crippen LogP contribution in [-0.4, -0.2) is 73.7 Å². The van der Waals surface area contributed by atoms with Gasteiger partial charge in [-0.2, -0.15) is 0 Å². The average Bonchev–Trinajstić information content (AvgIpc) is 2.44. The average molecular weight is 311 g/mol. The van der Waals surface area contributed by atoms with Gasteiger partial charge in [-0.3, -0.25) is 9.69 Å². The maximum atomic E-state index is 12.3. The van der Waals surface area contributed by atoms with Gasteiger partial charge in [0.25, 0.3) is 5.91 Å².